The molecule has 1 aliphatic rings. The van der Waals surface area contributed by atoms with Gasteiger partial charge in [-0.1, -0.05) is 43.6 Å². The number of aliphatic hydroxyl groups excluding tert-OH is 1. The lowest BCUT2D eigenvalue weighted by Gasteiger charge is -2.14. The monoisotopic (exact) mass is 314 g/mol. The van der Waals surface area contributed by atoms with Gasteiger partial charge in [-0.05, 0) is 46.9 Å². The molecule has 3 heteroatoms. The Kier molecular flexibility index (Phi) is 3.35. The van der Waals surface area contributed by atoms with Crippen molar-refractivity contribution in [3.63, 3.8) is 0 Å². The molecule has 0 radical (unpaired) electrons. The van der Waals surface area contributed by atoms with Crippen LogP contribution in [0.2, 0.25) is 0 Å². The van der Waals surface area contributed by atoms with E-state index in [2.05, 4.69) is 43.6 Å². The van der Waals surface area contributed by atoms with E-state index in [0.717, 1.165) is 10.0 Å². The van der Waals surface area contributed by atoms with Crippen molar-refractivity contribution >= 4 is 15.9 Å². The first-order valence-electron chi connectivity index (χ1n) is 6.30. The number of rotatable bonds is 3. The van der Waals surface area contributed by atoms with E-state index in [9.17, 15) is 9.50 Å². The predicted octanol–water partition coefficient (Wildman–Crippen LogP) is 4.17. The molecule has 0 heterocycles. The molecule has 1 aromatic rings. The van der Waals surface area contributed by atoms with E-state index >= 15 is 0 Å². The summed E-state index contributed by atoms with van der Waals surface area (Å²) in [5.74, 6) is 0.00915. The Hall–Kier alpha value is -0.410. The molecule has 1 unspecified atom stereocenters. The van der Waals surface area contributed by atoms with Gasteiger partial charge in [0.05, 0.1) is 6.10 Å². The van der Waals surface area contributed by atoms with Crippen LogP contribution in [-0.4, -0.2) is 11.2 Å². The summed E-state index contributed by atoms with van der Waals surface area (Å²) in [4.78, 5) is 0. The number of aliphatic hydroxyl groups is 1. The first-order valence-corrected chi connectivity index (χ1v) is 7.09. The van der Waals surface area contributed by atoms with E-state index in [1.807, 2.05) is 0 Å². The minimum atomic E-state index is -0.423. The van der Waals surface area contributed by atoms with Crippen LogP contribution in [0.4, 0.5) is 4.39 Å². The lowest BCUT2D eigenvalue weighted by molar-refractivity contribution is 0.129. The second-order valence-corrected chi connectivity index (χ2v) is 7.28. The molecule has 1 aliphatic carbocycles. The maximum absolute atomic E-state index is 13.2. The van der Waals surface area contributed by atoms with Crippen molar-refractivity contribution in [1.29, 1.82) is 0 Å². The fourth-order valence-corrected chi connectivity index (χ4v) is 3.66. The zero-order chi connectivity index (χ0) is 13.7. The summed E-state index contributed by atoms with van der Waals surface area (Å²) in [6.45, 7) is 8.73. The standard InChI is InChI=1S/C15H20BrFO/c1-14(2)13(15(14,3)4)12(18)8-9-7-10(17)5-6-11(9)16/h5-7,12-13,18H,8H2,1-4H3. The Bertz CT molecular complexity index is 454. The number of hydrogen-bond donors (Lipinski definition) is 1. The van der Waals surface area contributed by atoms with Gasteiger partial charge in [-0.3, -0.25) is 0 Å². The Balaban J connectivity index is 2.14. The smallest absolute Gasteiger partial charge is 0.123 e. The van der Waals surface area contributed by atoms with Crippen molar-refractivity contribution in [2.24, 2.45) is 16.7 Å². The first-order chi connectivity index (χ1) is 8.18. The van der Waals surface area contributed by atoms with Crippen LogP contribution in [-0.2, 0) is 6.42 Å². The third kappa shape index (κ3) is 2.12. The topological polar surface area (TPSA) is 20.2 Å². The van der Waals surface area contributed by atoms with E-state index in [1.165, 1.54) is 12.1 Å². The average Bonchev–Trinajstić information content (AvgIpc) is 2.63. The van der Waals surface area contributed by atoms with Crippen molar-refractivity contribution < 1.29 is 9.50 Å². The largest absolute Gasteiger partial charge is 0.392 e. The van der Waals surface area contributed by atoms with E-state index in [1.54, 1.807) is 6.07 Å². The van der Waals surface area contributed by atoms with E-state index in [-0.39, 0.29) is 22.6 Å². The van der Waals surface area contributed by atoms with Gasteiger partial charge in [0.1, 0.15) is 5.82 Å². The Labute approximate surface area is 117 Å². The molecule has 0 spiro atoms. The molecule has 2 rings (SSSR count). The van der Waals surface area contributed by atoms with Crippen molar-refractivity contribution in [3.8, 4) is 0 Å². The SMILES string of the molecule is CC1(C)C(C(O)Cc2cc(F)ccc2Br)C1(C)C. The van der Waals surface area contributed by atoms with E-state index in [0.29, 0.717) is 6.42 Å². The van der Waals surface area contributed by atoms with Crippen LogP contribution in [0.25, 0.3) is 0 Å². The minimum absolute atomic E-state index is 0.145. The third-order valence-electron chi connectivity index (χ3n) is 4.95. The quantitative estimate of drug-likeness (QED) is 0.887. The van der Waals surface area contributed by atoms with Gasteiger partial charge in [0, 0.05) is 4.47 Å². The molecule has 1 fully saturated rings. The van der Waals surface area contributed by atoms with Crippen LogP contribution < -0.4 is 0 Å². The summed E-state index contributed by atoms with van der Waals surface area (Å²) in [5, 5.41) is 10.4. The molecule has 1 nitrogen and oxygen atoms in total. The van der Waals surface area contributed by atoms with Crippen LogP contribution in [0.1, 0.15) is 33.3 Å². The van der Waals surface area contributed by atoms with Gasteiger partial charge in [-0.25, -0.2) is 4.39 Å². The average molecular weight is 315 g/mol. The van der Waals surface area contributed by atoms with Crippen LogP contribution in [0, 0.1) is 22.6 Å². The highest BCUT2D eigenvalue weighted by atomic mass is 79.9. The van der Waals surface area contributed by atoms with Gasteiger partial charge >= 0.3 is 0 Å². The zero-order valence-corrected chi connectivity index (χ0v) is 12.9. The normalized spacial score (nSPS) is 22.8. The van der Waals surface area contributed by atoms with Crippen LogP contribution in [0.15, 0.2) is 22.7 Å². The molecule has 1 aromatic carbocycles. The highest BCUT2D eigenvalue weighted by molar-refractivity contribution is 9.10. The fourth-order valence-electron chi connectivity index (χ4n) is 3.25. The summed E-state index contributed by atoms with van der Waals surface area (Å²) in [7, 11) is 0. The lowest BCUT2D eigenvalue weighted by atomic mass is 9.99. The van der Waals surface area contributed by atoms with E-state index in [4.69, 9.17) is 0 Å². The minimum Gasteiger partial charge on any atom is -0.392 e. The molecular formula is C15H20BrFO. The zero-order valence-electron chi connectivity index (χ0n) is 11.3. The van der Waals surface area contributed by atoms with Gasteiger partial charge in [-0.2, -0.15) is 0 Å². The highest BCUT2D eigenvalue weighted by Gasteiger charge is 2.66. The van der Waals surface area contributed by atoms with Gasteiger partial charge < -0.3 is 5.11 Å². The molecule has 100 valence electrons. The number of benzene rings is 1. The van der Waals surface area contributed by atoms with Gasteiger partial charge in [-0.15, -0.1) is 0 Å². The van der Waals surface area contributed by atoms with Crippen molar-refractivity contribution in [2.45, 2.75) is 40.2 Å². The molecule has 1 N–H and O–H groups in total. The van der Waals surface area contributed by atoms with Gasteiger partial charge in [0.15, 0.2) is 0 Å². The Morgan fingerprint density at radius 1 is 1.28 bits per heavy atom. The van der Waals surface area contributed by atoms with Gasteiger partial charge in [0.2, 0.25) is 0 Å². The molecular weight excluding hydrogens is 295 g/mol. The van der Waals surface area contributed by atoms with Crippen LogP contribution >= 0.6 is 15.9 Å². The summed E-state index contributed by atoms with van der Waals surface area (Å²) in [6.07, 6.45) is 0.0728. The number of hydrogen-bond acceptors (Lipinski definition) is 1. The molecule has 0 saturated heterocycles. The van der Waals surface area contributed by atoms with Crippen molar-refractivity contribution in [3.05, 3.63) is 34.1 Å². The lowest BCUT2D eigenvalue weighted by Crippen LogP contribution is -2.17. The van der Waals surface area contributed by atoms with Crippen molar-refractivity contribution in [1.82, 2.24) is 0 Å². The summed E-state index contributed by atoms with van der Waals surface area (Å²) in [5.41, 5.74) is 1.12. The molecule has 0 bridgehead atoms. The highest BCUT2D eigenvalue weighted by Crippen LogP contribution is 2.69. The van der Waals surface area contributed by atoms with Gasteiger partial charge in [0.25, 0.3) is 0 Å². The maximum Gasteiger partial charge on any atom is 0.123 e. The second kappa shape index (κ2) is 4.31. The molecule has 1 atom stereocenters. The summed E-state index contributed by atoms with van der Waals surface area (Å²) in [6, 6.07) is 4.61. The molecule has 0 aliphatic heterocycles. The third-order valence-corrected chi connectivity index (χ3v) is 5.73. The first kappa shape index (κ1) is 14.0. The second-order valence-electron chi connectivity index (χ2n) is 6.43. The summed E-state index contributed by atoms with van der Waals surface area (Å²) >= 11 is 3.41. The fraction of sp³-hybridized carbons (Fsp3) is 0.600. The Morgan fingerprint density at radius 3 is 2.33 bits per heavy atom. The van der Waals surface area contributed by atoms with Crippen LogP contribution in [0.3, 0.4) is 0 Å². The number of halogens is 2. The Morgan fingerprint density at radius 2 is 1.83 bits per heavy atom. The molecule has 1 saturated carbocycles. The maximum atomic E-state index is 13.2. The summed E-state index contributed by atoms with van der Waals surface area (Å²) < 4.78 is 14.1. The van der Waals surface area contributed by atoms with Crippen molar-refractivity contribution in [2.75, 3.05) is 0 Å². The van der Waals surface area contributed by atoms with E-state index < -0.39 is 6.10 Å². The molecule has 18 heavy (non-hydrogen) atoms. The van der Waals surface area contributed by atoms with Crippen LogP contribution in [0.5, 0.6) is 0 Å². The molecule has 0 amide bonds. The predicted molar refractivity (Wildman–Crippen MR) is 74.9 cm³/mol. The molecule has 0 aromatic heterocycles.